The van der Waals surface area contributed by atoms with Crippen LogP contribution in [0.3, 0.4) is 0 Å². The molecule has 0 radical (unpaired) electrons. The Hall–Kier alpha value is 0. The summed E-state index contributed by atoms with van der Waals surface area (Å²) in [6.45, 7) is 29.2. The summed E-state index contributed by atoms with van der Waals surface area (Å²) < 4.78 is 0. The van der Waals surface area contributed by atoms with Crippen LogP contribution in [0.1, 0.15) is 89.0 Å². The molecule has 25 heavy (non-hydrogen) atoms. The molecule has 0 amide bonds. The maximum atomic E-state index is 2.75. The summed E-state index contributed by atoms with van der Waals surface area (Å²) in [6.07, 6.45) is 2.82. The Morgan fingerprint density at radius 2 is 1.32 bits per heavy atom. The number of hydrogen-bond acceptors (Lipinski definition) is 0. The SMILES string of the molecule is CCC1(C)C(C)C2CC3C(C)C4C(C)C(C)(C1(C)C)C4(C)C3(C)C2C. The van der Waals surface area contributed by atoms with Crippen LogP contribution in [0.25, 0.3) is 0 Å². The zero-order chi connectivity index (χ0) is 19.0. The van der Waals surface area contributed by atoms with Crippen LogP contribution in [0.15, 0.2) is 0 Å². The fourth-order valence-electron chi connectivity index (χ4n) is 11.1. The molecule has 11 atom stereocenters. The maximum absolute atomic E-state index is 2.75. The van der Waals surface area contributed by atoms with Crippen molar-refractivity contribution in [2.24, 2.45) is 68.5 Å². The predicted octanol–water partition coefficient (Wildman–Crippen LogP) is 7.29. The molecule has 0 aliphatic heterocycles. The highest BCUT2D eigenvalue weighted by Crippen LogP contribution is 2.90. The van der Waals surface area contributed by atoms with Crippen molar-refractivity contribution in [1.29, 1.82) is 0 Å². The van der Waals surface area contributed by atoms with Crippen LogP contribution in [-0.2, 0) is 0 Å². The van der Waals surface area contributed by atoms with Gasteiger partial charge in [-0.25, -0.2) is 0 Å². The Bertz CT molecular complexity index is 603. The molecule has 0 aromatic heterocycles. The molecule has 4 rings (SSSR count). The molecule has 0 spiro atoms. The average molecular weight is 345 g/mol. The topological polar surface area (TPSA) is 0 Å². The van der Waals surface area contributed by atoms with Gasteiger partial charge in [0.1, 0.15) is 0 Å². The Balaban J connectivity index is 2.05. The first-order chi connectivity index (χ1) is 11.3. The van der Waals surface area contributed by atoms with Gasteiger partial charge in [0.2, 0.25) is 0 Å². The molecule has 0 nitrogen and oxygen atoms in total. The van der Waals surface area contributed by atoms with Crippen molar-refractivity contribution in [1.82, 2.24) is 0 Å². The summed E-state index contributed by atoms with van der Waals surface area (Å²) in [6, 6.07) is 0. The van der Waals surface area contributed by atoms with Gasteiger partial charge in [0.25, 0.3) is 0 Å². The first-order valence-corrected chi connectivity index (χ1v) is 11.3. The zero-order valence-electron chi connectivity index (χ0n) is 19.0. The van der Waals surface area contributed by atoms with Gasteiger partial charge in [0.05, 0.1) is 0 Å². The van der Waals surface area contributed by atoms with Crippen molar-refractivity contribution < 1.29 is 0 Å². The summed E-state index contributed by atoms with van der Waals surface area (Å²) in [5.41, 5.74) is 2.27. The molecule has 0 aromatic rings. The third kappa shape index (κ3) is 1.34. The first kappa shape index (κ1) is 18.4. The van der Waals surface area contributed by atoms with Crippen molar-refractivity contribution in [3.63, 3.8) is 0 Å². The van der Waals surface area contributed by atoms with E-state index in [1.165, 1.54) is 12.8 Å². The molecule has 0 heterocycles. The molecule has 0 N–H and O–H groups in total. The molecule has 4 aliphatic carbocycles. The highest BCUT2D eigenvalue weighted by atomic mass is 14.9. The van der Waals surface area contributed by atoms with E-state index in [-0.39, 0.29) is 0 Å². The lowest BCUT2D eigenvalue weighted by atomic mass is 9.25. The van der Waals surface area contributed by atoms with Gasteiger partial charge < -0.3 is 0 Å². The Labute approximate surface area is 157 Å². The van der Waals surface area contributed by atoms with Gasteiger partial charge in [-0.3, -0.25) is 0 Å². The molecule has 11 unspecified atom stereocenters. The number of hydrogen-bond donors (Lipinski definition) is 0. The van der Waals surface area contributed by atoms with Crippen molar-refractivity contribution >= 4 is 0 Å². The number of fused-ring (bicyclic) bond motifs is 1. The van der Waals surface area contributed by atoms with E-state index in [1.807, 2.05) is 0 Å². The molecule has 4 fully saturated rings. The van der Waals surface area contributed by atoms with E-state index >= 15 is 0 Å². The van der Waals surface area contributed by atoms with E-state index in [2.05, 4.69) is 76.2 Å². The fraction of sp³-hybridized carbons (Fsp3) is 1.00. The lowest BCUT2D eigenvalue weighted by Crippen LogP contribution is -2.75. The summed E-state index contributed by atoms with van der Waals surface area (Å²) in [5, 5.41) is 0. The van der Waals surface area contributed by atoms with Crippen molar-refractivity contribution in [3.8, 4) is 0 Å². The summed E-state index contributed by atoms with van der Waals surface area (Å²) in [7, 11) is 0. The van der Waals surface area contributed by atoms with E-state index in [1.54, 1.807) is 0 Å². The summed E-state index contributed by atoms with van der Waals surface area (Å²) >= 11 is 0. The smallest absolute Gasteiger partial charge is 0.0171 e. The standard InChI is InChI=1S/C25H44/c1-12-22(8)15(3)18-13-19-14(2)20-17(5)24(10,21(22,6)7)25(20,11)23(19,9)16(18)4/h14-20H,12-13H2,1-11H3. The van der Waals surface area contributed by atoms with Crippen molar-refractivity contribution in [2.45, 2.75) is 89.0 Å². The van der Waals surface area contributed by atoms with Gasteiger partial charge in [-0.1, -0.05) is 76.2 Å². The molecular formula is C25H44. The van der Waals surface area contributed by atoms with E-state index in [9.17, 15) is 0 Å². The quantitative estimate of drug-likeness (QED) is 0.468. The van der Waals surface area contributed by atoms with Gasteiger partial charge in [-0.2, -0.15) is 0 Å². The second kappa shape index (κ2) is 4.52. The normalized spacial score (nSPS) is 67.6. The molecule has 144 valence electrons. The highest BCUT2D eigenvalue weighted by Gasteiger charge is 2.85. The van der Waals surface area contributed by atoms with Gasteiger partial charge >= 0.3 is 0 Å². The van der Waals surface area contributed by atoms with Gasteiger partial charge in [0, 0.05) is 0 Å². The van der Waals surface area contributed by atoms with E-state index < -0.39 is 0 Å². The van der Waals surface area contributed by atoms with Crippen LogP contribution >= 0.6 is 0 Å². The minimum absolute atomic E-state index is 0.372. The zero-order valence-corrected chi connectivity index (χ0v) is 19.0. The van der Waals surface area contributed by atoms with Crippen LogP contribution < -0.4 is 0 Å². The van der Waals surface area contributed by atoms with Crippen molar-refractivity contribution in [2.75, 3.05) is 0 Å². The first-order valence-electron chi connectivity index (χ1n) is 11.3. The molecule has 0 heteroatoms. The third-order valence-electron chi connectivity index (χ3n) is 13.5. The third-order valence-corrected chi connectivity index (χ3v) is 13.5. The minimum Gasteiger partial charge on any atom is -0.0648 e. The van der Waals surface area contributed by atoms with Crippen LogP contribution in [0, 0.1) is 68.5 Å². The monoisotopic (exact) mass is 344 g/mol. The van der Waals surface area contributed by atoms with E-state index in [0.29, 0.717) is 27.1 Å². The van der Waals surface area contributed by atoms with Gasteiger partial charge in [-0.15, -0.1) is 0 Å². The molecule has 4 saturated carbocycles. The van der Waals surface area contributed by atoms with Crippen LogP contribution in [0.2, 0.25) is 0 Å². The van der Waals surface area contributed by atoms with E-state index in [4.69, 9.17) is 0 Å². The maximum Gasteiger partial charge on any atom is -0.0171 e. The van der Waals surface area contributed by atoms with Gasteiger partial charge in [0.15, 0.2) is 0 Å². The summed E-state index contributed by atoms with van der Waals surface area (Å²) in [5.74, 6) is 6.27. The minimum atomic E-state index is 0.372. The Morgan fingerprint density at radius 3 is 1.84 bits per heavy atom. The highest BCUT2D eigenvalue weighted by molar-refractivity contribution is 5.33. The van der Waals surface area contributed by atoms with E-state index in [0.717, 1.165) is 41.4 Å². The van der Waals surface area contributed by atoms with Crippen molar-refractivity contribution in [3.05, 3.63) is 0 Å². The molecule has 2 bridgehead atoms. The molecular weight excluding hydrogens is 300 g/mol. The summed E-state index contributed by atoms with van der Waals surface area (Å²) in [4.78, 5) is 0. The predicted molar refractivity (Wildman–Crippen MR) is 108 cm³/mol. The lowest BCUT2D eigenvalue weighted by molar-refractivity contribution is -0.322. The Kier molecular flexibility index (Phi) is 3.32. The van der Waals surface area contributed by atoms with Gasteiger partial charge in [-0.05, 0) is 81.3 Å². The second-order valence-corrected chi connectivity index (χ2v) is 12.3. The molecule has 0 aromatic carbocycles. The second-order valence-electron chi connectivity index (χ2n) is 12.3. The van der Waals surface area contributed by atoms with Crippen LogP contribution in [-0.4, -0.2) is 0 Å². The average Bonchev–Trinajstić information content (AvgIpc) is 2.91. The fourth-order valence-corrected chi connectivity index (χ4v) is 11.1. The van der Waals surface area contributed by atoms with Crippen LogP contribution in [0.4, 0.5) is 0 Å². The lowest BCUT2D eigenvalue weighted by Gasteiger charge is -2.79. The molecule has 4 aliphatic rings. The number of rotatable bonds is 1. The van der Waals surface area contributed by atoms with Crippen LogP contribution in [0.5, 0.6) is 0 Å². The molecule has 0 saturated heterocycles. The largest absolute Gasteiger partial charge is 0.0648 e. The Morgan fingerprint density at radius 1 is 0.760 bits per heavy atom.